The molecule has 5 heterocycles. The topological polar surface area (TPSA) is 132 Å². The number of piperidine rings is 1. The first kappa shape index (κ1) is 23.1. The molecule has 0 spiro atoms. The van der Waals surface area contributed by atoms with Crippen molar-refractivity contribution < 1.29 is 19.4 Å². The molecule has 2 aromatic rings. The molecule has 11 heteroatoms. The average Bonchev–Trinajstić information content (AvgIpc) is 3.18. The normalized spacial score (nSPS) is 25.4. The van der Waals surface area contributed by atoms with E-state index in [9.17, 15) is 9.59 Å². The van der Waals surface area contributed by atoms with Gasteiger partial charge >= 0.3 is 0 Å². The molecule has 0 radical (unpaired) electrons. The molecule has 5 rings (SSSR count). The Labute approximate surface area is 191 Å². The predicted molar refractivity (Wildman–Crippen MR) is 118 cm³/mol. The van der Waals surface area contributed by atoms with Crippen LogP contribution in [0, 0.1) is 5.92 Å². The number of carbonyl (C=O) groups excluding carboxylic acids is 1. The number of hydrogen-bond acceptors (Lipinski definition) is 7. The number of carboxylic acid groups (broad SMARTS) is 1. The summed E-state index contributed by atoms with van der Waals surface area (Å²) in [6.45, 7) is 6.11. The Hall–Kier alpha value is -3.05. The van der Waals surface area contributed by atoms with E-state index in [2.05, 4.69) is 27.0 Å². The number of hydrogen-bond donors (Lipinski definition) is 2. The van der Waals surface area contributed by atoms with Crippen LogP contribution in [0.5, 0.6) is 0 Å². The Morgan fingerprint density at radius 2 is 2.00 bits per heavy atom. The van der Waals surface area contributed by atoms with Crippen molar-refractivity contribution in [3.63, 3.8) is 0 Å². The first-order chi connectivity index (χ1) is 15.8. The van der Waals surface area contributed by atoms with Crippen molar-refractivity contribution in [3.8, 4) is 0 Å². The first-order valence-corrected chi connectivity index (χ1v) is 11.1. The van der Waals surface area contributed by atoms with E-state index < -0.39 is 12.0 Å². The number of pyridine rings is 1. The average molecular weight is 459 g/mol. The summed E-state index contributed by atoms with van der Waals surface area (Å²) in [7, 11) is 1.63. The molecule has 178 valence electrons. The van der Waals surface area contributed by atoms with E-state index in [4.69, 9.17) is 14.6 Å². The molecule has 0 unspecified atom stereocenters. The summed E-state index contributed by atoms with van der Waals surface area (Å²) in [6, 6.07) is 4.93. The summed E-state index contributed by atoms with van der Waals surface area (Å²) in [5.74, 6) is 1.11. The Bertz CT molecular complexity index is 1090. The van der Waals surface area contributed by atoms with Crippen LogP contribution in [0.3, 0.4) is 0 Å². The van der Waals surface area contributed by atoms with Gasteiger partial charge in [0, 0.05) is 57.3 Å². The third kappa shape index (κ3) is 4.42. The third-order valence-corrected chi connectivity index (χ3v) is 6.48. The molecule has 1 amide bonds. The first-order valence-electron chi connectivity index (χ1n) is 11.1. The van der Waals surface area contributed by atoms with Gasteiger partial charge in [-0.25, -0.2) is 0 Å². The quantitative estimate of drug-likeness (QED) is 0.681. The number of carboxylic acids is 1. The summed E-state index contributed by atoms with van der Waals surface area (Å²) in [5, 5.41) is 19.4. The van der Waals surface area contributed by atoms with Gasteiger partial charge in [-0.3, -0.25) is 19.0 Å². The Morgan fingerprint density at radius 3 is 2.73 bits per heavy atom. The zero-order valence-electron chi connectivity index (χ0n) is 19.1. The maximum atomic E-state index is 13.7. The zero-order valence-corrected chi connectivity index (χ0v) is 19.1. The van der Waals surface area contributed by atoms with Gasteiger partial charge in [0.25, 0.3) is 11.5 Å². The fourth-order valence-corrected chi connectivity index (χ4v) is 5.31. The Balaban J connectivity index is 0.000000601. The monoisotopic (exact) mass is 458 g/mol. The second-order valence-electron chi connectivity index (χ2n) is 8.88. The predicted octanol–water partition coefficient (Wildman–Crippen LogP) is 0.528. The van der Waals surface area contributed by atoms with Gasteiger partial charge in [0.1, 0.15) is 12.6 Å². The number of aliphatic carboxylic acids is 1. The minimum atomic E-state index is -0.833. The van der Waals surface area contributed by atoms with E-state index in [1.54, 1.807) is 23.8 Å². The second-order valence-corrected chi connectivity index (χ2v) is 8.88. The number of aromatic nitrogens is 4. The lowest BCUT2D eigenvalue weighted by molar-refractivity contribution is -0.140. The van der Waals surface area contributed by atoms with Crippen LogP contribution in [0.15, 0.2) is 23.0 Å². The minimum Gasteiger partial charge on any atom is -0.481 e. The highest BCUT2D eigenvalue weighted by molar-refractivity contribution is 5.81. The van der Waals surface area contributed by atoms with E-state index in [0.29, 0.717) is 19.7 Å². The van der Waals surface area contributed by atoms with Crippen LogP contribution >= 0.6 is 0 Å². The largest absolute Gasteiger partial charge is 0.481 e. The van der Waals surface area contributed by atoms with Crippen molar-refractivity contribution in [2.24, 2.45) is 5.92 Å². The molecule has 3 aliphatic heterocycles. The van der Waals surface area contributed by atoms with Crippen molar-refractivity contribution in [1.82, 2.24) is 29.5 Å². The molecule has 11 nitrogen and oxygen atoms in total. The van der Waals surface area contributed by atoms with Crippen molar-refractivity contribution >= 4 is 11.9 Å². The molecule has 3 aliphatic rings. The molecule has 0 aromatic carbocycles. The summed E-state index contributed by atoms with van der Waals surface area (Å²) in [4.78, 5) is 37.3. The van der Waals surface area contributed by atoms with Gasteiger partial charge in [-0.2, -0.15) is 0 Å². The zero-order chi connectivity index (χ0) is 23.7. The standard InChI is InChI=1S/C20H26N6O3.C2H4O2/c1-12-9-24(10-16-22-23-17(11-29-2)25(12)16)20(28)19-14-6-13(7-21-8-14)15-4-3-5-18(27)26(15)19;1-2(3)4/h3-5,12-14,19,21H,6-11H2,1-2H3;1H3,(H,3,4)/t12-,13+,14-,19+;/m0./s1. The third-order valence-electron chi connectivity index (χ3n) is 6.48. The van der Waals surface area contributed by atoms with Crippen molar-refractivity contribution in [2.45, 2.75) is 51.4 Å². The van der Waals surface area contributed by atoms with Gasteiger partial charge in [0.05, 0.1) is 12.6 Å². The van der Waals surface area contributed by atoms with Crippen LogP contribution in [-0.4, -0.2) is 68.0 Å². The van der Waals surface area contributed by atoms with Crippen LogP contribution < -0.4 is 10.9 Å². The number of fused-ring (bicyclic) bond motifs is 5. The number of ether oxygens (including phenoxy) is 1. The van der Waals surface area contributed by atoms with E-state index in [1.807, 2.05) is 11.0 Å². The lowest BCUT2D eigenvalue weighted by atomic mass is 9.78. The van der Waals surface area contributed by atoms with Gasteiger partial charge in [-0.05, 0) is 19.4 Å². The van der Waals surface area contributed by atoms with E-state index in [0.717, 1.165) is 43.8 Å². The molecule has 0 saturated carbocycles. The number of methoxy groups -OCH3 is 1. The van der Waals surface area contributed by atoms with Gasteiger partial charge in [-0.15, -0.1) is 10.2 Å². The maximum Gasteiger partial charge on any atom is 0.300 e. The number of carbonyl (C=O) groups is 2. The van der Waals surface area contributed by atoms with Gasteiger partial charge in [0.15, 0.2) is 11.6 Å². The number of nitrogens with one attached hydrogen (secondary N) is 1. The highest BCUT2D eigenvalue weighted by atomic mass is 16.5. The van der Waals surface area contributed by atoms with Gasteiger partial charge in [-0.1, -0.05) is 6.07 Å². The van der Waals surface area contributed by atoms with Crippen LogP contribution in [-0.2, 0) is 27.5 Å². The van der Waals surface area contributed by atoms with Crippen LogP contribution in [0.25, 0.3) is 0 Å². The number of nitrogens with zero attached hydrogens (tertiary/aromatic N) is 5. The molecule has 33 heavy (non-hydrogen) atoms. The highest BCUT2D eigenvalue weighted by Gasteiger charge is 2.44. The number of amides is 1. The molecule has 2 aromatic heterocycles. The molecule has 0 aliphatic carbocycles. The molecule has 2 N–H and O–H groups in total. The summed E-state index contributed by atoms with van der Waals surface area (Å²) in [5.41, 5.74) is 0.878. The molecule has 1 fully saturated rings. The maximum absolute atomic E-state index is 13.7. The van der Waals surface area contributed by atoms with Crippen molar-refractivity contribution in [1.29, 1.82) is 0 Å². The second kappa shape index (κ2) is 9.44. The lowest BCUT2D eigenvalue weighted by Crippen LogP contribution is -2.54. The Morgan fingerprint density at radius 1 is 1.24 bits per heavy atom. The molecular weight excluding hydrogens is 428 g/mol. The number of rotatable bonds is 3. The minimum absolute atomic E-state index is 0.00101. The molecule has 2 bridgehead atoms. The van der Waals surface area contributed by atoms with Crippen LogP contribution in [0.2, 0.25) is 0 Å². The van der Waals surface area contributed by atoms with Gasteiger partial charge < -0.3 is 24.6 Å². The summed E-state index contributed by atoms with van der Waals surface area (Å²) >= 11 is 0. The van der Waals surface area contributed by atoms with Gasteiger partial charge in [0.2, 0.25) is 5.91 Å². The molecular formula is C22H30N6O5. The summed E-state index contributed by atoms with van der Waals surface area (Å²) in [6.07, 6.45) is 0.935. The van der Waals surface area contributed by atoms with E-state index >= 15 is 0 Å². The molecule has 4 atom stereocenters. The SMILES string of the molecule is CC(=O)O.COCc1nnc2n1[C@@H](C)CN(C(=O)[C@H]1[C@@H]3CNC[C@@H](C3)c3cccc(=O)n31)C2. The smallest absolute Gasteiger partial charge is 0.300 e. The van der Waals surface area contributed by atoms with Crippen LogP contribution in [0.4, 0.5) is 0 Å². The lowest BCUT2D eigenvalue weighted by Gasteiger charge is -2.44. The Kier molecular flexibility index (Phi) is 6.61. The van der Waals surface area contributed by atoms with Crippen LogP contribution in [0.1, 0.15) is 55.6 Å². The van der Waals surface area contributed by atoms with Crippen molar-refractivity contribution in [3.05, 3.63) is 45.9 Å². The summed E-state index contributed by atoms with van der Waals surface area (Å²) < 4.78 is 9.03. The van der Waals surface area contributed by atoms with E-state index in [-0.39, 0.29) is 29.3 Å². The van der Waals surface area contributed by atoms with Crippen molar-refractivity contribution in [2.75, 3.05) is 26.7 Å². The van der Waals surface area contributed by atoms with E-state index in [1.165, 1.54) is 0 Å². The fraction of sp³-hybridized carbons (Fsp3) is 0.591. The molecule has 1 saturated heterocycles. The highest BCUT2D eigenvalue weighted by Crippen LogP contribution is 2.40. The fourth-order valence-electron chi connectivity index (χ4n) is 5.31.